The molecule has 1 aromatic carbocycles. The van der Waals surface area contributed by atoms with E-state index in [1.807, 2.05) is 0 Å². The van der Waals surface area contributed by atoms with Crippen molar-refractivity contribution in [3.8, 4) is 0 Å². The first-order valence-electron chi connectivity index (χ1n) is 5.13. The first-order valence-corrected chi connectivity index (χ1v) is 5.93. The highest BCUT2D eigenvalue weighted by molar-refractivity contribution is 9.10. The maximum absolute atomic E-state index is 13.2. The van der Waals surface area contributed by atoms with Crippen molar-refractivity contribution in [3.05, 3.63) is 52.1 Å². The average Bonchev–Trinajstić information content (AvgIpc) is 2.74. The van der Waals surface area contributed by atoms with E-state index in [-0.39, 0.29) is 5.56 Å². The number of hydrogen-bond acceptors (Lipinski definition) is 3. The summed E-state index contributed by atoms with van der Waals surface area (Å²) in [6.45, 7) is 0.426. The van der Waals surface area contributed by atoms with Crippen LogP contribution in [-0.2, 0) is 6.54 Å². The molecule has 0 bridgehead atoms. The average molecular weight is 313 g/mol. The molecule has 4 nitrogen and oxygen atoms in total. The highest BCUT2D eigenvalue weighted by Crippen LogP contribution is 2.18. The van der Waals surface area contributed by atoms with Gasteiger partial charge in [0.15, 0.2) is 4.67 Å². The Morgan fingerprint density at radius 1 is 1.39 bits per heavy atom. The van der Waals surface area contributed by atoms with E-state index in [4.69, 9.17) is 10.2 Å². The number of furan rings is 1. The van der Waals surface area contributed by atoms with Gasteiger partial charge in [0.25, 0.3) is 5.91 Å². The molecule has 0 radical (unpaired) electrons. The molecule has 0 fully saturated rings. The van der Waals surface area contributed by atoms with E-state index in [1.165, 1.54) is 18.2 Å². The number of primary amides is 1. The Bertz CT molecular complexity index is 583. The van der Waals surface area contributed by atoms with Crippen LogP contribution in [0.4, 0.5) is 10.1 Å². The van der Waals surface area contributed by atoms with Gasteiger partial charge in [-0.15, -0.1) is 0 Å². The summed E-state index contributed by atoms with van der Waals surface area (Å²) in [5, 5.41) is 3.01. The third-order valence-electron chi connectivity index (χ3n) is 2.33. The summed E-state index contributed by atoms with van der Waals surface area (Å²) < 4.78 is 19.2. The predicted molar refractivity (Wildman–Crippen MR) is 68.7 cm³/mol. The second-order valence-corrected chi connectivity index (χ2v) is 4.40. The Hall–Kier alpha value is -1.82. The number of nitrogens with two attached hydrogens (primary N) is 1. The standard InChI is InChI=1S/C12H10BrFN2O2/c13-11-4-2-8(18-11)6-16-7-1-3-10(14)9(5-7)12(15)17/h1-5,16H,6H2,(H2,15,17). The molecule has 2 aromatic rings. The molecule has 0 saturated carbocycles. The zero-order valence-electron chi connectivity index (χ0n) is 9.24. The number of hydrogen-bond donors (Lipinski definition) is 2. The number of benzene rings is 1. The normalized spacial score (nSPS) is 10.3. The van der Waals surface area contributed by atoms with Crippen molar-refractivity contribution in [2.45, 2.75) is 6.54 Å². The summed E-state index contributed by atoms with van der Waals surface area (Å²) in [4.78, 5) is 11.0. The van der Waals surface area contributed by atoms with Gasteiger partial charge in [0.05, 0.1) is 12.1 Å². The molecule has 0 saturated heterocycles. The Kier molecular flexibility index (Phi) is 3.66. The fourth-order valence-corrected chi connectivity index (χ4v) is 1.80. The van der Waals surface area contributed by atoms with Gasteiger partial charge in [-0.3, -0.25) is 4.79 Å². The second kappa shape index (κ2) is 5.22. The van der Waals surface area contributed by atoms with E-state index in [1.54, 1.807) is 12.1 Å². The summed E-state index contributed by atoms with van der Waals surface area (Å²) in [5.41, 5.74) is 5.52. The molecule has 0 unspecified atom stereocenters. The van der Waals surface area contributed by atoms with Crippen molar-refractivity contribution in [2.24, 2.45) is 5.73 Å². The first kappa shape index (κ1) is 12.6. The lowest BCUT2D eigenvalue weighted by molar-refractivity contribution is 0.0996. The van der Waals surface area contributed by atoms with Gasteiger partial charge < -0.3 is 15.5 Å². The molecule has 0 atom stereocenters. The van der Waals surface area contributed by atoms with Gasteiger partial charge in [-0.2, -0.15) is 0 Å². The summed E-state index contributed by atoms with van der Waals surface area (Å²) in [7, 11) is 0. The maximum Gasteiger partial charge on any atom is 0.251 e. The predicted octanol–water partition coefficient (Wildman–Crippen LogP) is 2.89. The molecule has 0 spiro atoms. The summed E-state index contributed by atoms with van der Waals surface area (Å²) in [6, 6.07) is 7.67. The number of carbonyl (C=O) groups excluding carboxylic acids is 1. The van der Waals surface area contributed by atoms with Gasteiger partial charge in [-0.1, -0.05) is 0 Å². The molecule has 0 aliphatic rings. The van der Waals surface area contributed by atoms with Crippen LogP contribution in [0.2, 0.25) is 0 Å². The number of rotatable bonds is 4. The van der Waals surface area contributed by atoms with Crippen LogP contribution in [0.25, 0.3) is 0 Å². The quantitative estimate of drug-likeness (QED) is 0.912. The Balaban J connectivity index is 2.10. The lowest BCUT2D eigenvalue weighted by Gasteiger charge is -2.06. The van der Waals surface area contributed by atoms with Crippen LogP contribution in [0, 0.1) is 5.82 Å². The number of carbonyl (C=O) groups is 1. The highest BCUT2D eigenvalue weighted by atomic mass is 79.9. The third-order valence-corrected chi connectivity index (χ3v) is 2.75. The minimum absolute atomic E-state index is 0.138. The number of halogens is 2. The van der Waals surface area contributed by atoms with Gasteiger partial charge in [0, 0.05) is 5.69 Å². The van der Waals surface area contributed by atoms with Crippen molar-refractivity contribution in [1.82, 2.24) is 0 Å². The van der Waals surface area contributed by atoms with Crippen LogP contribution in [0.3, 0.4) is 0 Å². The molecule has 94 valence electrons. The molecule has 2 rings (SSSR count). The molecule has 0 aliphatic carbocycles. The van der Waals surface area contributed by atoms with E-state index in [0.29, 0.717) is 22.7 Å². The van der Waals surface area contributed by atoms with Gasteiger partial charge in [-0.25, -0.2) is 4.39 Å². The summed E-state index contributed by atoms with van der Waals surface area (Å²) >= 11 is 3.19. The summed E-state index contributed by atoms with van der Waals surface area (Å²) in [5.74, 6) is -0.711. The molecule has 6 heteroatoms. The largest absolute Gasteiger partial charge is 0.452 e. The fourth-order valence-electron chi connectivity index (χ4n) is 1.46. The van der Waals surface area contributed by atoms with Crippen molar-refractivity contribution in [2.75, 3.05) is 5.32 Å². The lowest BCUT2D eigenvalue weighted by atomic mass is 10.2. The van der Waals surface area contributed by atoms with Crippen LogP contribution < -0.4 is 11.1 Å². The molecule has 1 amide bonds. The van der Waals surface area contributed by atoms with E-state index in [2.05, 4.69) is 21.2 Å². The van der Waals surface area contributed by atoms with Crippen molar-refractivity contribution >= 4 is 27.5 Å². The van der Waals surface area contributed by atoms with E-state index >= 15 is 0 Å². The van der Waals surface area contributed by atoms with Gasteiger partial charge in [0.1, 0.15) is 11.6 Å². The molecule has 3 N–H and O–H groups in total. The smallest absolute Gasteiger partial charge is 0.251 e. The number of nitrogens with one attached hydrogen (secondary N) is 1. The molecular weight excluding hydrogens is 303 g/mol. The zero-order valence-corrected chi connectivity index (χ0v) is 10.8. The third kappa shape index (κ3) is 2.89. The van der Waals surface area contributed by atoms with Crippen LogP contribution in [0.15, 0.2) is 39.4 Å². The lowest BCUT2D eigenvalue weighted by Crippen LogP contribution is -2.13. The Morgan fingerprint density at radius 2 is 2.17 bits per heavy atom. The van der Waals surface area contributed by atoms with Crippen LogP contribution in [0.1, 0.15) is 16.1 Å². The van der Waals surface area contributed by atoms with E-state index in [0.717, 1.165) is 0 Å². The highest BCUT2D eigenvalue weighted by Gasteiger charge is 2.09. The van der Waals surface area contributed by atoms with Gasteiger partial charge >= 0.3 is 0 Å². The van der Waals surface area contributed by atoms with Gasteiger partial charge in [-0.05, 0) is 46.3 Å². The van der Waals surface area contributed by atoms with Crippen molar-refractivity contribution in [3.63, 3.8) is 0 Å². The topological polar surface area (TPSA) is 68.3 Å². The van der Waals surface area contributed by atoms with Crippen molar-refractivity contribution < 1.29 is 13.6 Å². The Labute approximate surface area is 111 Å². The fraction of sp³-hybridized carbons (Fsp3) is 0.0833. The molecular formula is C12H10BrFN2O2. The minimum Gasteiger partial charge on any atom is -0.452 e. The zero-order chi connectivity index (χ0) is 13.1. The van der Waals surface area contributed by atoms with Gasteiger partial charge in [0.2, 0.25) is 0 Å². The number of amides is 1. The number of anilines is 1. The van der Waals surface area contributed by atoms with Crippen molar-refractivity contribution in [1.29, 1.82) is 0 Å². The first-order chi connectivity index (χ1) is 8.56. The second-order valence-electron chi connectivity index (χ2n) is 3.62. The SMILES string of the molecule is NC(=O)c1cc(NCc2ccc(Br)o2)ccc1F. The van der Waals surface area contributed by atoms with E-state index in [9.17, 15) is 9.18 Å². The monoisotopic (exact) mass is 312 g/mol. The molecule has 1 heterocycles. The minimum atomic E-state index is -0.795. The molecule has 18 heavy (non-hydrogen) atoms. The molecule has 0 aliphatic heterocycles. The maximum atomic E-state index is 13.2. The molecule has 1 aromatic heterocycles. The summed E-state index contributed by atoms with van der Waals surface area (Å²) in [6.07, 6.45) is 0. The van der Waals surface area contributed by atoms with Crippen LogP contribution in [0.5, 0.6) is 0 Å². The van der Waals surface area contributed by atoms with Crippen LogP contribution >= 0.6 is 15.9 Å². The Morgan fingerprint density at radius 3 is 2.78 bits per heavy atom. The van der Waals surface area contributed by atoms with E-state index < -0.39 is 11.7 Å². The van der Waals surface area contributed by atoms with Crippen LogP contribution in [-0.4, -0.2) is 5.91 Å².